The number of benzene rings is 1. The first kappa shape index (κ1) is 15.8. The van der Waals surface area contributed by atoms with Crippen LogP contribution >= 0.6 is 34.8 Å². The summed E-state index contributed by atoms with van der Waals surface area (Å²) in [6.07, 6.45) is 5.21. The van der Waals surface area contributed by atoms with Gasteiger partial charge in [0.1, 0.15) is 17.3 Å². The SMILES string of the molecule is N#Cc1cn[nH]c1C(c1c(Cl)cc(Cl)cc1Cl)[n+]1ccccc1. The van der Waals surface area contributed by atoms with E-state index >= 15 is 0 Å². The van der Waals surface area contributed by atoms with Crippen molar-refractivity contribution in [3.8, 4) is 6.07 Å². The van der Waals surface area contributed by atoms with Gasteiger partial charge in [-0.05, 0) is 12.1 Å². The van der Waals surface area contributed by atoms with Crippen LogP contribution in [-0.4, -0.2) is 10.2 Å². The van der Waals surface area contributed by atoms with E-state index in [1.54, 1.807) is 12.1 Å². The fourth-order valence-corrected chi connectivity index (χ4v) is 3.46. The number of nitrogens with one attached hydrogen (secondary N) is 1. The summed E-state index contributed by atoms with van der Waals surface area (Å²) >= 11 is 18.8. The largest absolute Gasteiger partial charge is 0.274 e. The van der Waals surface area contributed by atoms with Crippen LogP contribution < -0.4 is 4.57 Å². The van der Waals surface area contributed by atoms with Crippen LogP contribution in [0.1, 0.15) is 22.9 Å². The first-order chi connectivity index (χ1) is 11.1. The summed E-state index contributed by atoms with van der Waals surface area (Å²) in [4.78, 5) is 0. The van der Waals surface area contributed by atoms with Crippen molar-refractivity contribution >= 4 is 34.8 Å². The zero-order valence-corrected chi connectivity index (χ0v) is 13.9. The second-order valence-electron chi connectivity index (χ2n) is 4.82. The van der Waals surface area contributed by atoms with Crippen LogP contribution in [0.3, 0.4) is 0 Å². The highest BCUT2D eigenvalue weighted by Crippen LogP contribution is 2.36. The van der Waals surface area contributed by atoms with E-state index < -0.39 is 6.04 Å². The van der Waals surface area contributed by atoms with Gasteiger partial charge in [-0.2, -0.15) is 14.9 Å². The van der Waals surface area contributed by atoms with Gasteiger partial charge in [0.05, 0.1) is 21.8 Å². The minimum atomic E-state index is -0.425. The molecule has 0 fully saturated rings. The third kappa shape index (κ3) is 3.04. The van der Waals surface area contributed by atoms with Crippen molar-refractivity contribution in [2.75, 3.05) is 0 Å². The Labute approximate surface area is 147 Å². The molecule has 0 bridgehead atoms. The number of hydrogen-bond acceptors (Lipinski definition) is 2. The summed E-state index contributed by atoms with van der Waals surface area (Å²) < 4.78 is 1.90. The van der Waals surface area contributed by atoms with Crippen LogP contribution in [0.15, 0.2) is 48.9 Å². The number of nitriles is 1. The van der Waals surface area contributed by atoms with Gasteiger partial charge in [-0.3, -0.25) is 5.10 Å². The van der Waals surface area contributed by atoms with Crippen LogP contribution in [0, 0.1) is 11.3 Å². The normalized spacial score (nSPS) is 11.9. The van der Waals surface area contributed by atoms with Crippen molar-refractivity contribution in [1.82, 2.24) is 10.2 Å². The molecule has 1 unspecified atom stereocenters. The Morgan fingerprint density at radius 2 is 1.74 bits per heavy atom. The zero-order chi connectivity index (χ0) is 16.4. The molecule has 3 aromatic rings. The molecule has 114 valence electrons. The number of halogens is 3. The van der Waals surface area contributed by atoms with Gasteiger partial charge in [-0.1, -0.05) is 40.9 Å². The van der Waals surface area contributed by atoms with Crippen molar-refractivity contribution in [2.45, 2.75) is 6.04 Å². The van der Waals surface area contributed by atoms with Gasteiger partial charge in [0.25, 0.3) is 0 Å². The van der Waals surface area contributed by atoms with E-state index in [4.69, 9.17) is 34.8 Å². The molecule has 2 heterocycles. The summed E-state index contributed by atoms with van der Waals surface area (Å²) in [5.41, 5.74) is 1.68. The molecule has 1 atom stereocenters. The maximum absolute atomic E-state index is 9.33. The van der Waals surface area contributed by atoms with Gasteiger partial charge in [-0.25, -0.2) is 0 Å². The lowest BCUT2D eigenvalue weighted by Crippen LogP contribution is -2.41. The van der Waals surface area contributed by atoms with E-state index in [1.165, 1.54) is 6.20 Å². The highest BCUT2D eigenvalue weighted by molar-refractivity contribution is 6.39. The zero-order valence-electron chi connectivity index (χ0n) is 11.7. The molecule has 4 nitrogen and oxygen atoms in total. The van der Waals surface area contributed by atoms with Gasteiger partial charge in [0.15, 0.2) is 12.4 Å². The first-order valence-corrected chi connectivity index (χ1v) is 7.78. The van der Waals surface area contributed by atoms with Crippen LogP contribution in [0.2, 0.25) is 15.1 Å². The lowest BCUT2D eigenvalue weighted by molar-refractivity contribution is -0.705. The van der Waals surface area contributed by atoms with Crippen molar-refractivity contribution < 1.29 is 4.57 Å². The highest BCUT2D eigenvalue weighted by atomic mass is 35.5. The lowest BCUT2D eigenvalue weighted by Gasteiger charge is -2.15. The molecule has 1 aromatic carbocycles. The monoisotopic (exact) mass is 363 g/mol. The molecule has 0 amide bonds. The van der Waals surface area contributed by atoms with Gasteiger partial charge < -0.3 is 0 Å². The summed E-state index contributed by atoms with van der Waals surface area (Å²) in [6.45, 7) is 0. The molecule has 0 spiro atoms. The molecule has 23 heavy (non-hydrogen) atoms. The molecule has 0 aliphatic carbocycles. The molecule has 0 saturated heterocycles. The molecule has 3 rings (SSSR count). The molecule has 7 heteroatoms. The maximum Gasteiger partial charge on any atom is 0.229 e. The van der Waals surface area contributed by atoms with Crippen LogP contribution in [0.4, 0.5) is 0 Å². The number of hydrogen-bond donors (Lipinski definition) is 1. The Morgan fingerprint density at radius 1 is 1.09 bits per heavy atom. The van der Waals surface area contributed by atoms with Crippen molar-refractivity contribution in [1.29, 1.82) is 5.26 Å². The van der Waals surface area contributed by atoms with Crippen LogP contribution in [0.25, 0.3) is 0 Å². The maximum atomic E-state index is 9.33. The third-order valence-corrected chi connectivity index (χ3v) is 4.26. The number of aromatic amines is 1. The fraction of sp³-hybridized carbons (Fsp3) is 0.0625. The third-order valence-electron chi connectivity index (χ3n) is 3.42. The average Bonchev–Trinajstić information content (AvgIpc) is 2.99. The smallest absolute Gasteiger partial charge is 0.229 e. The molecule has 0 aliphatic heterocycles. The second-order valence-corrected chi connectivity index (χ2v) is 6.07. The minimum absolute atomic E-state index is 0.419. The Morgan fingerprint density at radius 3 is 2.35 bits per heavy atom. The number of aromatic nitrogens is 3. The average molecular weight is 365 g/mol. The second kappa shape index (κ2) is 6.59. The van der Waals surface area contributed by atoms with E-state index in [-0.39, 0.29) is 0 Å². The number of H-pyrrole nitrogens is 1. The summed E-state index contributed by atoms with van der Waals surface area (Å²) in [7, 11) is 0. The summed E-state index contributed by atoms with van der Waals surface area (Å²) in [5, 5.41) is 17.5. The van der Waals surface area contributed by atoms with Gasteiger partial charge in [0.2, 0.25) is 6.04 Å². The van der Waals surface area contributed by atoms with Crippen LogP contribution in [0.5, 0.6) is 0 Å². The van der Waals surface area contributed by atoms with E-state index in [9.17, 15) is 5.26 Å². The Bertz CT molecular complexity index is 861. The molecule has 0 radical (unpaired) electrons. The Hall–Kier alpha value is -2.06. The summed E-state index contributed by atoms with van der Waals surface area (Å²) in [6, 6.07) is 10.6. The molecule has 2 aromatic heterocycles. The summed E-state index contributed by atoms with van der Waals surface area (Å²) in [5.74, 6) is 0. The predicted octanol–water partition coefficient (Wildman–Crippen LogP) is 4.17. The topological polar surface area (TPSA) is 56.4 Å². The Balaban J connectivity index is 2.28. The quantitative estimate of drug-likeness (QED) is 0.709. The van der Waals surface area contributed by atoms with Gasteiger partial charge in [0, 0.05) is 17.2 Å². The molecule has 0 saturated carbocycles. The molecular formula is C16H10Cl3N4+. The molecule has 1 N–H and O–H groups in total. The number of pyridine rings is 1. The lowest BCUT2D eigenvalue weighted by atomic mass is 10.0. The number of rotatable bonds is 3. The standard InChI is InChI=1S/C16H10Cl3N4/c17-11-6-12(18)14(13(19)7-11)16(23-4-2-1-3-5-23)15-10(8-20)9-21-22-15/h1-7,9,16H,(H,21,22)/q+1. The van der Waals surface area contributed by atoms with E-state index in [2.05, 4.69) is 16.3 Å². The molecule has 0 aliphatic rings. The minimum Gasteiger partial charge on any atom is -0.274 e. The van der Waals surface area contributed by atoms with Crippen molar-refractivity contribution in [3.63, 3.8) is 0 Å². The van der Waals surface area contributed by atoms with Gasteiger partial charge >= 0.3 is 0 Å². The van der Waals surface area contributed by atoms with Crippen molar-refractivity contribution in [3.05, 3.63) is 80.8 Å². The van der Waals surface area contributed by atoms with E-state index in [0.717, 1.165) is 0 Å². The van der Waals surface area contributed by atoms with E-state index in [0.29, 0.717) is 31.9 Å². The predicted molar refractivity (Wildman–Crippen MR) is 88.7 cm³/mol. The highest BCUT2D eigenvalue weighted by Gasteiger charge is 2.32. The molecular weight excluding hydrogens is 355 g/mol. The van der Waals surface area contributed by atoms with Crippen LogP contribution in [-0.2, 0) is 0 Å². The van der Waals surface area contributed by atoms with E-state index in [1.807, 2.05) is 35.2 Å². The van der Waals surface area contributed by atoms with Gasteiger partial charge in [-0.15, -0.1) is 0 Å². The fourth-order valence-electron chi connectivity index (χ4n) is 2.43. The first-order valence-electron chi connectivity index (χ1n) is 6.65. The van der Waals surface area contributed by atoms with Crippen molar-refractivity contribution in [2.24, 2.45) is 0 Å². The Kier molecular flexibility index (Phi) is 4.53. The number of nitrogens with zero attached hydrogens (tertiary/aromatic N) is 3.